The SMILES string of the molecule is COC(=O)C[C@@H]1CC[C@@H](NS(=O)(=O)c2ccccc2OC)[C@@H](CO)O1. The number of rotatable bonds is 7. The maximum atomic E-state index is 12.6. The highest BCUT2D eigenvalue weighted by molar-refractivity contribution is 7.89. The average molecular weight is 373 g/mol. The summed E-state index contributed by atoms with van der Waals surface area (Å²) in [5.41, 5.74) is 0. The predicted molar refractivity (Wildman–Crippen MR) is 88.7 cm³/mol. The molecule has 2 N–H and O–H groups in total. The smallest absolute Gasteiger partial charge is 0.308 e. The molecule has 1 fully saturated rings. The molecule has 1 saturated heterocycles. The van der Waals surface area contributed by atoms with Crippen LogP contribution < -0.4 is 9.46 Å². The van der Waals surface area contributed by atoms with Gasteiger partial charge in [-0.3, -0.25) is 4.79 Å². The molecule has 0 saturated carbocycles. The van der Waals surface area contributed by atoms with E-state index in [4.69, 9.17) is 9.47 Å². The van der Waals surface area contributed by atoms with E-state index in [2.05, 4.69) is 9.46 Å². The molecule has 0 radical (unpaired) electrons. The zero-order chi connectivity index (χ0) is 18.4. The van der Waals surface area contributed by atoms with Gasteiger partial charge >= 0.3 is 5.97 Å². The quantitative estimate of drug-likeness (QED) is 0.667. The van der Waals surface area contributed by atoms with Crippen molar-refractivity contribution in [3.8, 4) is 5.75 Å². The van der Waals surface area contributed by atoms with Gasteiger partial charge in [0.1, 0.15) is 10.6 Å². The Morgan fingerprint density at radius 2 is 2.04 bits per heavy atom. The number of ether oxygens (including phenoxy) is 3. The van der Waals surface area contributed by atoms with E-state index in [0.717, 1.165) is 0 Å². The molecule has 0 bridgehead atoms. The molecule has 9 heteroatoms. The molecule has 1 aliphatic heterocycles. The maximum absolute atomic E-state index is 12.6. The molecule has 1 aromatic carbocycles. The first kappa shape index (κ1) is 19.6. The Hall–Kier alpha value is -1.68. The van der Waals surface area contributed by atoms with Gasteiger partial charge in [-0.25, -0.2) is 13.1 Å². The fourth-order valence-electron chi connectivity index (χ4n) is 2.79. The molecule has 8 nitrogen and oxygen atoms in total. The second-order valence-corrected chi connectivity index (χ2v) is 7.40. The molecule has 1 aliphatic rings. The van der Waals surface area contributed by atoms with E-state index in [-0.39, 0.29) is 23.7 Å². The van der Waals surface area contributed by atoms with Crippen molar-refractivity contribution in [2.75, 3.05) is 20.8 Å². The summed E-state index contributed by atoms with van der Waals surface area (Å²) in [6.07, 6.45) is -0.171. The monoisotopic (exact) mass is 373 g/mol. The number of aliphatic hydroxyl groups excluding tert-OH is 1. The number of aliphatic hydroxyl groups is 1. The second-order valence-electron chi connectivity index (χ2n) is 5.72. The summed E-state index contributed by atoms with van der Waals surface area (Å²) in [7, 11) is -1.16. The number of hydrogen-bond acceptors (Lipinski definition) is 7. The number of methoxy groups -OCH3 is 2. The van der Waals surface area contributed by atoms with E-state index in [9.17, 15) is 18.3 Å². The number of nitrogens with one attached hydrogen (secondary N) is 1. The number of carbonyl (C=O) groups excluding carboxylic acids is 1. The Kier molecular flexibility index (Phi) is 6.77. The van der Waals surface area contributed by atoms with E-state index in [1.54, 1.807) is 18.2 Å². The molecule has 1 aromatic rings. The van der Waals surface area contributed by atoms with Crippen LogP contribution >= 0.6 is 0 Å². The number of sulfonamides is 1. The van der Waals surface area contributed by atoms with Crippen LogP contribution in [0.15, 0.2) is 29.2 Å². The van der Waals surface area contributed by atoms with Crippen LogP contribution in [0, 0.1) is 0 Å². The molecule has 0 unspecified atom stereocenters. The highest BCUT2D eigenvalue weighted by atomic mass is 32.2. The fraction of sp³-hybridized carbons (Fsp3) is 0.562. The van der Waals surface area contributed by atoms with Crippen molar-refractivity contribution in [3.05, 3.63) is 24.3 Å². The van der Waals surface area contributed by atoms with Crippen LogP contribution in [0.4, 0.5) is 0 Å². The number of para-hydroxylation sites is 1. The summed E-state index contributed by atoms with van der Waals surface area (Å²) in [6.45, 7) is -0.364. The minimum atomic E-state index is -3.85. The van der Waals surface area contributed by atoms with Crippen LogP contribution in [0.5, 0.6) is 5.75 Å². The first-order valence-corrected chi connectivity index (χ1v) is 9.38. The summed E-state index contributed by atoms with van der Waals surface area (Å²) in [5, 5.41) is 9.54. The number of carbonyl (C=O) groups is 1. The topological polar surface area (TPSA) is 111 Å². The van der Waals surface area contributed by atoms with Crippen molar-refractivity contribution in [2.45, 2.75) is 42.4 Å². The molecular weight excluding hydrogens is 350 g/mol. The standard InChI is InChI=1S/C16H23NO7S/c1-22-13-5-3-4-6-15(13)25(20,21)17-12-8-7-11(9-16(19)23-2)24-14(12)10-18/h3-6,11-12,14,17-18H,7-10H2,1-2H3/t11-,12+,14+/m0/s1. The van der Waals surface area contributed by atoms with Crippen molar-refractivity contribution < 1.29 is 32.5 Å². The van der Waals surface area contributed by atoms with Gasteiger partial charge in [0.05, 0.1) is 45.5 Å². The zero-order valence-corrected chi connectivity index (χ0v) is 15.0. The van der Waals surface area contributed by atoms with E-state index >= 15 is 0 Å². The van der Waals surface area contributed by atoms with Crippen molar-refractivity contribution >= 4 is 16.0 Å². The number of hydrogen-bond donors (Lipinski definition) is 2. The predicted octanol–water partition coefficient (Wildman–Crippen LogP) is 0.445. The van der Waals surface area contributed by atoms with Crippen molar-refractivity contribution in [1.29, 1.82) is 0 Å². The van der Waals surface area contributed by atoms with E-state index in [1.807, 2.05) is 0 Å². The average Bonchev–Trinajstić information content (AvgIpc) is 2.62. The molecule has 2 rings (SSSR count). The molecule has 1 heterocycles. The normalized spacial score (nSPS) is 23.9. The fourth-order valence-corrected chi connectivity index (χ4v) is 4.26. The lowest BCUT2D eigenvalue weighted by molar-refractivity contribution is -0.149. The third-order valence-corrected chi connectivity index (χ3v) is 5.61. The lowest BCUT2D eigenvalue weighted by Crippen LogP contribution is -2.51. The Morgan fingerprint density at radius 3 is 2.68 bits per heavy atom. The second kappa shape index (κ2) is 8.61. The van der Waals surface area contributed by atoms with Gasteiger partial charge in [-0.2, -0.15) is 0 Å². The largest absolute Gasteiger partial charge is 0.495 e. The summed E-state index contributed by atoms with van der Waals surface area (Å²) in [5.74, 6) is -0.175. The van der Waals surface area contributed by atoms with E-state index in [1.165, 1.54) is 20.3 Å². The molecule has 3 atom stereocenters. The summed E-state index contributed by atoms with van der Waals surface area (Å²) < 4.78 is 43.2. The third kappa shape index (κ3) is 4.91. The molecule has 0 spiro atoms. The van der Waals surface area contributed by atoms with Gasteiger partial charge in [0, 0.05) is 0 Å². The van der Waals surface area contributed by atoms with Crippen LogP contribution in [0.3, 0.4) is 0 Å². The lowest BCUT2D eigenvalue weighted by Gasteiger charge is -2.35. The van der Waals surface area contributed by atoms with Crippen molar-refractivity contribution in [1.82, 2.24) is 4.72 Å². The van der Waals surface area contributed by atoms with E-state index < -0.39 is 34.2 Å². The van der Waals surface area contributed by atoms with Gasteiger partial charge in [-0.05, 0) is 25.0 Å². The van der Waals surface area contributed by atoms with Crippen LogP contribution in [-0.4, -0.2) is 58.6 Å². The van der Waals surface area contributed by atoms with Crippen molar-refractivity contribution in [2.24, 2.45) is 0 Å². The number of esters is 1. The van der Waals surface area contributed by atoms with Gasteiger partial charge in [-0.15, -0.1) is 0 Å². The lowest BCUT2D eigenvalue weighted by atomic mass is 9.98. The molecular formula is C16H23NO7S. The molecule has 140 valence electrons. The van der Waals surface area contributed by atoms with Gasteiger partial charge in [0.25, 0.3) is 0 Å². The van der Waals surface area contributed by atoms with Crippen molar-refractivity contribution in [3.63, 3.8) is 0 Å². The van der Waals surface area contributed by atoms with Crippen LogP contribution in [0.2, 0.25) is 0 Å². The highest BCUT2D eigenvalue weighted by Gasteiger charge is 2.35. The molecule has 0 amide bonds. The Labute approximate surface area is 147 Å². The van der Waals surface area contributed by atoms with E-state index in [0.29, 0.717) is 12.8 Å². The van der Waals surface area contributed by atoms with Gasteiger partial charge in [0.2, 0.25) is 10.0 Å². The minimum absolute atomic E-state index is 0.0193. The first-order chi connectivity index (χ1) is 11.9. The van der Waals surface area contributed by atoms with Crippen LogP contribution in [0.25, 0.3) is 0 Å². The van der Waals surface area contributed by atoms with Crippen LogP contribution in [0.1, 0.15) is 19.3 Å². The Morgan fingerprint density at radius 1 is 1.32 bits per heavy atom. The van der Waals surface area contributed by atoms with Crippen LogP contribution in [-0.2, 0) is 24.3 Å². The summed E-state index contributed by atoms with van der Waals surface area (Å²) in [6, 6.07) is 5.68. The Bertz CT molecular complexity index is 691. The number of benzene rings is 1. The Balaban J connectivity index is 2.10. The molecule has 25 heavy (non-hydrogen) atoms. The summed E-state index contributed by atoms with van der Waals surface area (Å²) in [4.78, 5) is 11.4. The third-order valence-electron chi connectivity index (χ3n) is 4.08. The highest BCUT2D eigenvalue weighted by Crippen LogP contribution is 2.26. The first-order valence-electron chi connectivity index (χ1n) is 7.89. The minimum Gasteiger partial charge on any atom is -0.495 e. The van der Waals surface area contributed by atoms with Gasteiger partial charge < -0.3 is 19.3 Å². The maximum Gasteiger partial charge on any atom is 0.308 e. The zero-order valence-electron chi connectivity index (χ0n) is 14.2. The van der Waals surface area contributed by atoms with Gasteiger partial charge in [-0.1, -0.05) is 12.1 Å². The summed E-state index contributed by atoms with van der Waals surface area (Å²) >= 11 is 0. The molecule has 0 aliphatic carbocycles. The molecule has 0 aromatic heterocycles. The van der Waals surface area contributed by atoms with Gasteiger partial charge in [0.15, 0.2) is 0 Å².